The van der Waals surface area contributed by atoms with Crippen molar-refractivity contribution < 1.29 is 18.7 Å². The maximum Gasteiger partial charge on any atom is 0.250 e. The monoisotopic (exact) mass is 425 g/mol. The maximum absolute atomic E-state index is 14.3. The summed E-state index contributed by atoms with van der Waals surface area (Å²) < 4.78 is 19.7. The van der Waals surface area contributed by atoms with Gasteiger partial charge >= 0.3 is 0 Å². The Balaban J connectivity index is 1.63. The molecule has 2 amide bonds. The zero-order valence-electron chi connectivity index (χ0n) is 16.4. The number of carbonyl (C=O) groups is 2. The molecule has 0 spiro atoms. The van der Waals surface area contributed by atoms with Gasteiger partial charge in [0.1, 0.15) is 11.6 Å². The van der Waals surface area contributed by atoms with Crippen LogP contribution in [-0.2, 0) is 9.59 Å². The van der Waals surface area contributed by atoms with E-state index < -0.39 is 5.82 Å². The van der Waals surface area contributed by atoms with Gasteiger partial charge in [0.2, 0.25) is 11.8 Å². The second-order valence-electron chi connectivity index (χ2n) is 6.24. The van der Waals surface area contributed by atoms with E-state index in [4.69, 9.17) is 4.74 Å². The minimum atomic E-state index is -0.514. The molecule has 0 aliphatic carbocycles. The summed E-state index contributed by atoms with van der Waals surface area (Å²) in [6.07, 6.45) is 3.08. The average molecular weight is 425 g/mol. The molecular weight excluding hydrogens is 405 g/mol. The number of nitrogens with zero attached hydrogens (tertiary/aromatic N) is 1. The standard InChI is InChI=1S/C22H20FN3O3S/c1-3-29-17-8-4-15(5-9-17)6-11-21(28)26-22-25-20(13-30-22)18-10-7-16(12-19(18)23)24-14(2)27/h4-13H,3H2,1-2H3,(H,24,27)(H,25,26,28)/b11-6+. The lowest BCUT2D eigenvalue weighted by molar-refractivity contribution is -0.114. The van der Waals surface area contributed by atoms with Crippen LogP contribution in [0.4, 0.5) is 15.2 Å². The second-order valence-corrected chi connectivity index (χ2v) is 7.10. The first kappa shape index (κ1) is 21.2. The quantitative estimate of drug-likeness (QED) is 0.525. The molecule has 3 rings (SSSR count). The molecule has 0 saturated carbocycles. The van der Waals surface area contributed by atoms with Gasteiger partial charge in [0, 0.05) is 29.6 Å². The molecule has 30 heavy (non-hydrogen) atoms. The number of rotatable bonds is 7. The van der Waals surface area contributed by atoms with Crippen molar-refractivity contribution in [3.63, 3.8) is 0 Å². The van der Waals surface area contributed by atoms with Crippen LogP contribution in [-0.4, -0.2) is 23.4 Å². The molecule has 2 N–H and O–H groups in total. The first-order chi connectivity index (χ1) is 14.4. The third-order valence-corrected chi connectivity index (χ3v) is 4.68. The van der Waals surface area contributed by atoms with E-state index in [0.29, 0.717) is 23.1 Å². The number of ether oxygens (including phenoxy) is 1. The molecule has 0 bridgehead atoms. The summed E-state index contributed by atoms with van der Waals surface area (Å²) in [6.45, 7) is 3.86. The summed E-state index contributed by atoms with van der Waals surface area (Å²) in [5.74, 6) is -0.364. The Labute approximate surface area is 177 Å². The summed E-state index contributed by atoms with van der Waals surface area (Å²) in [4.78, 5) is 27.5. The highest BCUT2D eigenvalue weighted by molar-refractivity contribution is 7.14. The molecule has 1 heterocycles. The Morgan fingerprint density at radius 3 is 2.60 bits per heavy atom. The third-order valence-electron chi connectivity index (χ3n) is 3.92. The Morgan fingerprint density at radius 2 is 1.93 bits per heavy atom. The van der Waals surface area contributed by atoms with E-state index in [0.717, 1.165) is 11.3 Å². The van der Waals surface area contributed by atoms with Gasteiger partial charge in [0.05, 0.1) is 12.3 Å². The van der Waals surface area contributed by atoms with Crippen LogP contribution in [0.1, 0.15) is 19.4 Å². The van der Waals surface area contributed by atoms with Crippen LogP contribution >= 0.6 is 11.3 Å². The van der Waals surface area contributed by atoms with Crippen molar-refractivity contribution in [2.45, 2.75) is 13.8 Å². The fourth-order valence-corrected chi connectivity index (χ4v) is 3.33. The molecule has 0 aliphatic heterocycles. The van der Waals surface area contributed by atoms with Gasteiger partial charge in [-0.2, -0.15) is 0 Å². The van der Waals surface area contributed by atoms with Crippen LogP contribution in [0, 0.1) is 5.82 Å². The number of aromatic nitrogens is 1. The Hall–Kier alpha value is -3.52. The van der Waals surface area contributed by atoms with Gasteiger partial charge in [0.15, 0.2) is 5.13 Å². The number of thiazole rings is 1. The molecule has 0 fully saturated rings. The molecule has 3 aromatic rings. The third kappa shape index (κ3) is 5.74. The van der Waals surface area contributed by atoms with Gasteiger partial charge in [-0.25, -0.2) is 9.37 Å². The highest BCUT2D eigenvalue weighted by Crippen LogP contribution is 2.28. The molecule has 0 saturated heterocycles. The maximum atomic E-state index is 14.3. The number of nitrogens with one attached hydrogen (secondary N) is 2. The normalized spacial score (nSPS) is 10.8. The molecule has 0 unspecified atom stereocenters. The Morgan fingerprint density at radius 1 is 1.17 bits per heavy atom. The summed E-state index contributed by atoms with van der Waals surface area (Å²) in [6, 6.07) is 11.7. The lowest BCUT2D eigenvalue weighted by Gasteiger charge is -2.04. The number of hydrogen-bond donors (Lipinski definition) is 2. The van der Waals surface area contributed by atoms with E-state index in [1.807, 2.05) is 31.2 Å². The van der Waals surface area contributed by atoms with Crippen molar-refractivity contribution in [3.8, 4) is 17.0 Å². The van der Waals surface area contributed by atoms with Crippen molar-refractivity contribution in [1.82, 2.24) is 4.98 Å². The van der Waals surface area contributed by atoms with Crippen LogP contribution in [0.3, 0.4) is 0 Å². The second kappa shape index (κ2) is 9.80. The molecular formula is C22H20FN3O3S. The zero-order chi connectivity index (χ0) is 21.5. The van der Waals surface area contributed by atoms with Gasteiger partial charge in [-0.1, -0.05) is 12.1 Å². The van der Waals surface area contributed by atoms with Crippen molar-refractivity contribution >= 4 is 40.0 Å². The Bertz CT molecular complexity index is 1080. The van der Waals surface area contributed by atoms with E-state index in [2.05, 4.69) is 15.6 Å². The van der Waals surface area contributed by atoms with Crippen molar-refractivity contribution in [2.75, 3.05) is 17.2 Å². The molecule has 0 radical (unpaired) electrons. The van der Waals surface area contributed by atoms with Crippen LogP contribution < -0.4 is 15.4 Å². The highest BCUT2D eigenvalue weighted by Gasteiger charge is 2.11. The lowest BCUT2D eigenvalue weighted by atomic mass is 10.1. The van der Waals surface area contributed by atoms with Crippen LogP contribution in [0.5, 0.6) is 5.75 Å². The first-order valence-electron chi connectivity index (χ1n) is 9.19. The van der Waals surface area contributed by atoms with Crippen LogP contribution in [0.2, 0.25) is 0 Å². The van der Waals surface area contributed by atoms with E-state index in [-0.39, 0.29) is 17.4 Å². The summed E-state index contributed by atoms with van der Waals surface area (Å²) in [7, 11) is 0. The topological polar surface area (TPSA) is 80.3 Å². The highest BCUT2D eigenvalue weighted by atomic mass is 32.1. The van der Waals surface area contributed by atoms with E-state index in [9.17, 15) is 14.0 Å². The predicted octanol–water partition coefficient (Wildman–Crippen LogP) is 4.96. The Kier molecular flexibility index (Phi) is 6.92. The fraction of sp³-hybridized carbons (Fsp3) is 0.136. The SMILES string of the molecule is CCOc1ccc(/C=C/C(=O)Nc2nc(-c3ccc(NC(C)=O)cc3F)cs2)cc1. The van der Waals surface area contributed by atoms with Gasteiger partial charge in [-0.05, 0) is 48.9 Å². The number of anilines is 2. The largest absolute Gasteiger partial charge is 0.494 e. The predicted molar refractivity (Wildman–Crippen MR) is 117 cm³/mol. The summed E-state index contributed by atoms with van der Waals surface area (Å²) in [5.41, 5.74) is 1.91. The van der Waals surface area contributed by atoms with E-state index in [1.165, 1.54) is 36.5 Å². The lowest BCUT2D eigenvalue weighted by Crippen LogP contribution is -2.07. The minimum Gasteiger partial charge on any atom is -0.494 e. The number of carbonyl (C=O) groups excluding carboxylic acids is 2. The van der Waals surface area contributed by atoms with Crippen LogP contribution in [0.15, 0.2) is 53.9 Å². The van der Waals surface area contributed by atoms with Gasteiger partial charge in [-0.3, -0.25) is 14.9 Å². The van der Waals surface area contributed by atoms with Crippen LogP contribution in [0.25, 0.3) is 17.3 Å². The average Bonchev–Trinajstić information content (AvgIpc) is 3.15. The molecule has 2 aromatic carbocycles. The first-order valence-corrected chi connectivity index (χ1v) is 10.1. The summed E-state index contributed by atoms with van der Waals surface area (Å²) in [5, 5.41) is 7.21. The van der Waals surface area contributed by atoms with E-state index in [1.54, 1.807) is 17.5 Å². The molecule has 0 aliphatic rings. The van der Waals surface area contributed by atoms with Gasteiger partial charge in [0.25, 0.3) is 0 Å². The molecule has 0 atom stereocenters. The van der Waals surface area contributed by atoms with Crippen molar-refractivity contribution in [3.05, 3.63) is 65.3 Å². The van der Waals surface area contributed by atoms with Crippen molar-refractivity contribution in [2.24, 2.45) is 0 Å². The molecule has 8 heteroatoms. The summed E-state index contributed by atoms with van der Waals surface area (Å²) >= 11 is 1.20. The van der Waals surface area contributed by atoms with E-state index >= 15 is 0 Å². The molecule has 154 valence electrons. The molecule has 1 aromatic heterocycles. The molecule has 6 nitrogen and oxygen atoms in total. The number of halogens is 1. The zero-order valence-corrected chi connectivity index (χ0v) is 17.3. The van der Waals surface area contributed by atoms with Crippen molar-refractivity contribution in [1.29, 1.82) is 0 Å². The smallest absolute Gasteiger partial charge is 0.250 e. The number of hydrogen-bond acceptors (Lipinski definition) is 5. The van der Waals surface area contributed by atoms with Gasteiger partial charge in [-0.15, -0.1) is 11.3 Å². The fourth-order valence-electron chi connectivity index (χ4n) is 2.62. The van der Waals surface area contributed by atoms with Gasteiger partial charge < -0.3 is 10.1 Å². The number of amides is 2. The minimum absolute atomic E-state index is 0.279. The number of benzene rings is 2.